The number of carbonyl (C=O) groups excluding carboxylic acids is 2. The number of thiazole rings is 1. The fourth-order valence-electron chi connectivity index (χ4n) is 2.86. The van der Waals surface area contributed by atoms with Gasteiger partial charge in [-0.15, -0.1) is 0 Å². The maximum atomic E-state index is 12.3. The molecule has 1 heterocycles. The number of anilines is 1. The molecule has 29 heavy (non-hydrogen) atoms. The van der Waals surface area contributed by atoms with Crippen molar-refractivity contribution in [1.82, 2.24) is 4.98 Å². The molecule has 0 saturated heterocycles. The molecule has 1 N–H and O–H groups in total. The number of fused-ring (bicyclic) bond motifs is 1. The Morgan fingerprint density at radius 2 is 1.93 bits per heavy atom. The molecule has 0 aliphatic heterocycles. The standard InChI is InChI=1S/C21H22N2O5S/c1-5-27-15-7-6-14(10-16(15)26-4)20(25)28-11-18(24)22-21-23-19-13(3)8-12(2)9-17(19)29-21/h6-10H,5,11H2,1-4H3,(H,22,23,24). The summed E-state index contributed by atoms with van der Waals surface area (Å²) in [5.41, 5.74) is 3.31. The van der Waals surface area contributed by atoms with Gasteiger partial charge in [0.25, 0.3) is 5.91 Å². The molecule has 8 heteroatoms. The molecule has 0 aliphatic carbocycles. The largest absolute Gasteiger partial charge is 0.493 e. The van der Waals surface area contributed by atoms with Crippen molar-refractivity contribution in [1.29, 1.82) is 0 Å². The Kier molecular flexibility index (Phi) is 6.33. The summed E-state index contributed by atoms with van der Waals surface area (Å²) in [4.78, 5) is 28.9. The van der Waals surface area contributed by atoms with Crippen LogP contribution in [0.1, 0.15) is 28.4 Å². The van der Waals surface area contributed by atoms with Gasteiger partial charge >= 0.3 is 5.97 Å². The molecule has 0 unspecified atom stereocenters. The van der Waals surface area contributed by atoms with Crippen LogP contribution >= 0.6 is 11.3 Å². The lowest BCUT2D eigenvalue weighted by Crippen LogP contribution is -2.20. The molecular formula is C21H22N2O5S. The van der Waals surface area contributed by atoms with E-state index >= 15 is 0 Å². The van der Waals surface area contributed by atoms with Crippen molar-refractivity contribution in [2.75, 3.05) is 25.6 Å². The van der Waals surface area contributed by atoms with Gasteiger partial charge in [-0.25, -0.2) is 9.78 Å². The van der Waals surface area contributed by atoms with Crippen LogP contribution in [0.25, 0.3) is 10.2 Å². The van der Waals surface area contributed by atoms with Gasteiger partial charge < -0.3 is 14.2 Å². The smallest absolute Gasteiger partial charge is 0.338 e. The summed E-state index contributed by atoms with van der Waals surface area (Å²) in [5.74, 6) is -0.126. The van der Waals surface area contributed by atoms with Gasteiger partial charge in [0.2, 0.25) is 0 Å². The molecule has 0 aliphatic rings. The van der Waals surface area contributed by atoms with Crippen molar-refractivity contribution in [3.05, 3.63) is 47.0 Å². The number of hydrogen-bond donors (Lipinski definition) is 1. The number of ether oxygens (including phenoxy) is 3. The molecule has 152 valence electrons. The van der Waals surface area contributed by atoms with Crippen LogP contribution in [0.3, 0.4) is 0 Å². The van der Waals surface area contributed by atoms with Gasteiger partial charge in [0.15, 0.2) is 23.2 Å². The molecule has 0 spiro atoms. The maximum absolute atomic E-state index is 12.3. The van der Waals surface area contributed by atoms with Crippen LogP contribution < -0.4 is 14.8 Å². The second kappa shape index (κ2) is 8.91. The Bertz CT molecular complexity index is 1060. The number of aromatic nitrogens is 1. The highest BCUT2D eigenvalue weighted by Crippen LogP contribution is 2.30. The van der Waals surface area contributed by atoms with Gasteiger partial charge in [-0.05, 0) is 56.2 Å². The first kappa shape index (κ1) is 20.6. The highest BCUT2D eigenvalue weighted by Gasteiger charge is 2.15. The highest BCUT2D eigenvalue weighted by atomic mass is 32.1. The normalized spacial score (nSPS) is 10.6. The van der Waals surface area contributed by atoms with Crippen LogP contribution in [0.4, 0.5) is 5.13 Å². The summed E-state index contributed by atoms with van der Waals surface area (Å²) in [6.07, 6.45) is 0. The minimum absolute atomic E-state index is 0.268. The topological polar surface area (TPSA) is 86.8 Å². The van der Waals surface area contributed by atoms with E-state index < -0.39 is 18.5 Å². The number of esters is 1. The van der Waals surface area contributed by atoms with Gasteiger partial charge in [-0.2, -0.15) is 0 Å². The van der Waals surface area contributed by atoms with E-state index in [4.69, 9.17) is 14.2 Å². The highest BCUT2D eigenvalue weighted by molar-refractivity contribution is 7.22. The fourth-order valence-corrected chi connectivity index (χ4v) is 3.92. The minimum atomic E-state index is -0.628. The first-order valence-electron chi connectivity index (χ1n) is 9.07. The van der Waals surface area contributed by atoms with Gasteiger partial charge in [0.1, 0.15) is 0 Å². The average molecular weight is 414 g/mol. The molecule has 7 nitrogen and oxygen atoms in total. The molecule has 0 bridgehead atoms. The molecule has 0 fully saturated rings. The van der Waals surface area contributed by atoms with Crippen LogP contribution in [-0.4, -0.2) is 37.2 Å². The maximum Gasteiger partial charge on any atom is 0.338 e. The third-order valence-corrected chi connectivity index (χ3v) is 5.03. The molecule has 0 saturated carbocycles. The van der Waals surface area contributed by atoms with Crippen molar-refractivity contribution in [2.24, 2.45) is 0 Å². The number of benzene rings is 2. The van der Waals surface area contributed by atoms with E-state index in [0.717, 1.165) is 21.3 Å². The van der Waals surface area contributed by atoms with E-state index in [-0.39, 0.29) is 5.56 Å². The number of nitrogens with one attached hydrogen (secondary N) is 1. The van der Waals surface area contributed by atoms with Crippen molar-refractivity contribution >= 4 is 38.6 Å². The van der Waals surface area contributed by atoms with Crippen LogP contribution in [0.15, 0.2) is 30.3 Å². The Morgan fingerprint density at radius 1 is 1.14 bits per heavy atom. The SMILES string of the molecule is CCOc1ccc(C(=O)OCC(=O)Nc2nc3c(C)cc(C)cc3s2)cc1OC. The number of methoxy groups -OCH3 is 1. The lowest BCUT2D eigenvalue weighted by atomic mass is 10.1. The molecule has 1 aromatic heterocycles. The summed E-state index contributed by atoms with van der Waals surface area (Å²) in [6, 6.07) is 8.77. The van der Waals surface area contributed by atoms with Crippen molar-refractivity contribution in [2.45, 2.75) is 20.8 Å². The zero-order valence-corrected chi connectivity index (χ0v) is 17.5. The zero-order chi connectivity index (χ0) is 21.0. The van der Waals surface area contributed by atoms with Gasteiger partial charge in [-0.1, -0.05) is 17.4 Å². The number of aryl methyl sites for hydroxylation is 2. The number of carbonyl (C=O) groups is 2. The second-order valence-electron chi connectivity index (χ2n) is 6.37. The van der Waals surface area contributed by atoms with Crippen molar-refractivity contribution in [3.8, 4) is 11.5 Å². The predicted octanol–water partition coefficient (Wildman–Crippen LogP) is 4.12. The molecule has 1 amide bonds. The third kappa shape index (κ3) is 4.83. The Hall–Kier alpha value is -3.13. The number of hydrogen-bond acceptors (Lipinski definition) is 7. The Morgan fingerprint density at radius 3 is 2.66 bits per heavy atom. The molecule has 3 aromatic rings. The molecule has 0 radical (unpaired) electrons. The minimum Gasteiger partial charge on any atom is -0.493 e. The third-order valence-electron chi connectivity index (χ3n) is 4.11. The molecule has 0 atom stereocenters. The van der Waals surface area contributed by atoms with Crippen LogP contribution in [0, 0.1) is 13.8 Å². The monoisotopic (exact) mass is 414 g/mol. The second-order valence-corrected chi connectivity index (χ2v) is 7.40. The number of amides is 1. The lowest BCUT2D eigenvalue weighted by molar-refractivity contribution is -0.119. The van der Waals surface area contributed by atoms with Crippen LogP contribution in [-0.2, 0) is 9.53 Å². The fraction of sp³-hybridized carbons (Fsp3) is 0.286. The summed E-state index contributed by atoms with van der Waals surface area (Å²) in [5, 5.41) is 3.15. The first-order valence-corrected chi connectivity index (χ1v) is 9.88. The van der Waals surface area contributed by atoms with E-state index in [9.17, 15) is 9.59 Å². The summed E-state index contributed by atoms with van der Waals surface area (Å²) in [7, 11) is 1.49. The van der Waals surface area contributed by atoms with Gasteiger partial charge in [-0.3, -0.25) is 10.1 Å². The number of rotatable bonds is 7. The van der Waals surface area contributed by atoms with E-state index in [1.165, 1.54) is 24.5 Å². The summed E-state index contributed by atoms with van der Waals surface area (Å²) in [6.45, 7) is 5.91. The zero-order valence-electron chi connectivity index (χ0n) is 16.7. The van der Waals surface area contributed by atoms with Gasteiger partial charge in [0, 0.05) is 0 Å². The molecule has 2 aromatic carbocycles. The average Bonchev–Trinajstić information content (AvgIpc) is 3.09. The summed E-state index contributed by atoms with van der Waals surface area (Å²) >= 11 is 1.38. The Labute approximate surface area is 172 Å². The van der Waals surface area contributed by atoms with Crippen LogP contribution in [0.5, 0.6) is 11.5 Å². The first-order chi connectivity index (χ1) is 13.9. The van der Waals surface area contributed by atoms with E-state index in [1.807, 2.05) is 32.9 Å². The van der Waals surface area contributed by atoms with E-state index in [2.05, 4.69) is 10.3 Å². The predicted molar refractivity (Wildman–Crippen MR) is 112 cm³/mol. The van der Waals surface area contributed by atoms with E-state index in [0.29, 0.717) is 23.2 Å². The van der Waals surface area contributed by atoms with Gasteiger partial charge in [0.05, 0.1) is 29.5 Å². The Balaban J connectivity index is 1.62. The van der Waals surface area contributed by atoms with E-state index in [1.54, 1.807) is 12.1 Å². The number of nitrogens with zero attached hydrogens (tertiary/aromatic N) is 1. The molecular weight excluding hydrogens is 392 g/mol. The summed E-state index contributed by atoms with van der Waals surface area (Å²) < 4.78 is 16.7. The lowest BCUT2D eigenvalue weighted by Gasteiger charge is -2.10. The van der Waals surface area contributed by atoms with Crippen molar-refractivity contribution < 1.29 is 23.8 Å². The van der Waals surface area contributed by atoms with Crippen molar-refractivity contribution in [3.63, 3.8) is 0 Å². The van der Waals surface area contributed by atoms with Crippen LogP contribution in [0.2, 0.25) is 0 Å². The molecule has 3 rings (SSSR count). The quantitative estimate of drug-likeness (QED) is 0.586.